The lowest BCUT2D eigenvalue weighted by Crippen LogP contribution is -2.48. The molecule has 1 amide bonds. The predicted molar refractivity (Wildman–Crippen MR) is 84.2 cm³/mol. The maximum absolute atomic E-state index is 12.8. The molecule has 1 saturated heterocycles. The molecule has 0 N–H and O–H groups in total. The summed E-state index contributed by atoms with van der Waals surface area (Å²) < 4.78 is 7.18. The van der Waals surface area contributed by atoms with Crippen LogP contribution in [0.25, 0.3) is 0 Å². The molecule has 0 aliphatic carbocycles. The zero-order valence-corrected chi connectivity index (χ0v) is 13.2. The minimum absolute atomic E-state index is 0.122. The molecule has 1 aromatic carbocycles. The van der Waals surface area contributed by atoms with Crippen LogP contribution in [0.5, 0.6) is 0 Å². The first kappa shape index (κ1) is 14.9. The van der Waals surface area contributed by atoms with Crippen LogP contribution in [-0.2, 0) is 16.0 Å². The van der Waals surface area contributed by atoms with Crippen LogP contribution in [0, 0.1) is 0 Å². The van der Waals surface area contributed by atoms with Crippen molar-refractivity contribution in [2.24, 2.45) is 0 Å². The zero-order valence-electron chi connectivity index (χ0n) is 13.2. The van der Waals surface area contributed by atoms with Gasteiger partial charge in [-0.2, -0.15) is 5.10 Å². The number of ether oxygens (including phenoxy) is 1. The Kier molecular flexibility index (Phi) is 3.76. The van der Waals surface area contributed by atoms with Crippen LogP contribution in [0.2, 0.25) is 0 Å². The molecule has 0 radical (unpaired) electrons. The Morgan fingerprint density at radius 2 is 2.17 bits per heavy atom. The number of esters is 1. The first-order chi connectivity index (χ1) is 11.7. The van der Waals surface area contributed by atoms with Crippen molar-refractivity contribution in [2.75, 3.05) is 13.1 Å². The van der Waals surface area contributed by atoms with Gasteiger partial charge in [0.1, 0.15) is 12.7 Å². The summed E-state index contributed by atoms with van der Waals surface area (Å²) in [7, 11) is 0. The van der Waals surface area contributed by atoms with Gasteiger partial charge in [0.2, 0.25) is 0 Å². The summed E-state index contributed by atoms with van der Waals surface area (Å²) in [4.78, 5) is 30.7. The quantitative estimate of drug-likeness (QED) is 0.776. The third kappa shape index (κ3) is 2.66. The molecule has 1 aromatic heterocycles. The first-order valence-electron chi connectivity index (χ1n) is 8.14. The Bertz CT molecular complexity index is 759. The van der Waals surface area contributed by atoms with E-state index in [4.69, 9.17) is 4.74 Å². The van der Waals surface area contributed by atoms with Gasteiger partial charge in [-0.3, -0.25) is 4.79 Å². The van der Waals surface area contributed by atoms with Crippen molar-refractivity contribution in [1.29, 1.82) is 0 Å². The number of amides is 1. The molecule has 0 unspecified atom stereocenters. The molecule has 3 heterocycles. The maximum atomic E-state index is 12.8. The molecule has 7 heteroatoms. The molecule has 0 spiro atoms. The number of carbonyl (C=O) groups is 2. The van der Waals surface area contributed by atoms with Gasteiger partial charge in [0.05, 0.1) is 11.6 Å². The minimum atomic E-state index is -0.734. The molecule has 4 rings (SSSR count). The number of hydrogen-bond acceptors (Lipinski definition) is 5. The highest BCUT2D eigenvalue weighted by atomic mass is 16.5. The van der Waals surface area contributed by atoms with Crippen molar-refractivity contribution in [3.05, 3.63) is 48.0 Å². The first-order valence-corrected chi connectivity index (χ1v) is 8.14. The fourth-order valence-corrected chi connectivity index (χ4v) is 3.45. The molecule has 1 fully saturated rings. The van der Waals surface area contributed by atoms with Gasteiger partial charge in [0, 0.05) is 19.5 Å². The topological polar surface area (TPSA) is 77.3 Å². The van der Waals surface area contributed by atoms with E-state index in [-0.39, 0.29) is 11.9 Å². The predicted octanol–water partition coefficient (Wildman–Crippen LogP) is 1.22. The van der Waals surface area contributed by atoms with Gasteiger partial charge in [0.25, 0.3) is 5.91 Å². The van der Waals surface area contributed by atoms with Gasteiger partial charge in [0.15, 0.2) is 6.10 Å². The molecular formula is C17H18N4O3. The van der Waals surface area contributed by atoms with Gasteiger partial charge >= 0.3 is 5.97 Å². The summed E-state index contributed by atoms with van der Waals surface area (Å²) in [6.45, 7) is 1.25. The van der Waals surface area contributed by atoms with Crippen molar-refractivity contribution in [1.82, 2.24) is 19.7 Å². The van der Waals surface area contributed by atoms with Gasteiger partial charge in [-0.05, 0) is 24.5 Å². The second-order valence-corrected chi connectivity index (χ2v) is 6.21. The number of fused-ring (bicyclic) bond motifs is 1. The molecular weight excluding hydrogens is 308 g/mol. The Morgan fingerprint density at radius 1 is 1.29 bits per heavy atom. The molecule has 2 aliphatic rings. The Labute approximate surface area is 139 Å². The molecule has 2 aliphatic heterocycles. The molecule has 0 bridgehead atoms. The molecule has 24 heavy (non-hydrogen) atoms. The number of hydrogen-bond donors (Lipinski definition) is 0. The Hall–Kier alpha value is -2.70. The van der Waals surface area contributed by atoms with E-state index >= 15 is 0 Å². The van der Waals surface area contributed by atoms with Crippen molar-refractivity contribution in [2.45, 2.75) is 31.4 Å². The van der Waals surface area contributed by atoms with Crippen molar-refractivity contribution >= 4 is 11.9 Å². The third-order valence-corrected chi connectivity index (χ3v) is 4.69. The smallest absolute Gasteiger partial charge is 0.339 e. The number of aromatic nitrogens is 3. The SMILES string of the molecule is O=C1O[C@@H](C(=O)N2CCC[C@H](n3cncn3)C2)Cc2ccccc21. The summed E-state index contributed by atoms with van der Waals surface area (Å²) in [6, 6.07) is 7.41. The zero-order chi connectivity index (χ0) is 16.5. The lowest BCUT2D eigenvalue weighted by Gasteiger charge is -2.35. The molecule has 0 saturated carbocycles. The summed E-state index contributed by atoms with van der Waals surface area (Å²) >= 11 is 0. The summed E-state index contributed by atoms with van der Waals surface area (Å²) in [5, 5.41) is 4.17. The molecule has 7 nitrogen and oxygen atoms in total. The van der Waals surface area contributed by atoms with Gasteiger partial charge in [-0.25, -0.2) is 14.5 Å². The van der Waals surface area contributed by atoms with E-state index in [1.165, 1.54) is 6.33 Å². The van der Waals surface area contributed by atoms with E-state index in [0.29, 0.717) is 25.1 Å². The fourth-order valence-electron chi connectivity index (χ4n) is 3.45. The van der Waals surface area contributed by atoms with E-state index in [1.807, 2.05) is 12.1 Å². The number of cyclic esters (lactones) is 1. The normalized spacial score (nSPS) is 23.5. The van der Waals surface area contributed by atoms with E-state index in [0.717, 1.165) is 18.4 Å². The summed E-state index contributed by atoms with van der Waals surface area (Å²) in [5.74, 6) is -0.539. The van der Waals surface area contributed by atoms with Crippen LogP contribution in [0.4, 0.5) is 0 Å². The Morgan fingerprint density at radius 3 is 3.00 bits per heavy atom. The standard InChI is InChI=1S/C17H18N4O3/c22-16(15-8-12-4-1-2-6-14(12)17(23)24-15)20-7-3-5-13(9-20)21-11-18-10-19-21/h1-2,4,6,10-11,13,15H,3,5,7-9H2/t13-,15+/m0/s1. The number of piperidine rings is 1. The van der Waals surface area contributed by atoms with Crippen molar-refractivity contribution in [3.63, 3.8) is 0 Å². The molecule has 2 atom stereocenters. The average Bonchev–Trinajstić information content (AvgIpc) is 3.16. The lowest BCUT2D eigenvalue weighted by atomic mass is 9.97. The maximum Gasteiger partial charge on any atom is 0.339 e. The molecule has 124 valence electrons. The fraction of sp³-hybridized carbons (Fsp3) is 0.412. The summed E-state index contributed by atoms with van der Waals surface area (Å²) in [6.07, 6.45) is 4.73. The Balaban J connectivity index is 1.49. The van der Waals surface area contributed by atoms with Crippen LogP contribution < -0.4 is 0 Å². The van der Waals surface area contributed by atoms with E-state index in [9.17, 15) is 9.59 Å². The number of rotatable bonds is 2. The van der Waals surface area contributed by atoms with Crippen LogP contribution in [0.1, 0.15) is 34.8 Å². The van der Waals surface area contributed by atoms with Crippen molar-refractivity contribution < 1.29 is 14.3 Å². The second kappa shape index (κ2) is 6.07. The second-order valence-electron chi connectivity index (χ2n) is 6.21. The number of benzene rings is 1. The highest BCUT2D eigenvalue weighted by Gasteiger charge is 2.35. The largest absolute Gasteiger partial charge is 0.448 e. The number of carbonyl (C=O) groups excluding carboxylic acids is 2. The highest BCUT2D eigenvalue weighted by molar-refractivity contribution is 5.95. The van der Waals surface area contributed by atoms with Gasteiger partial charge < -0.3 is 9.64 Å². The van der Waals surface area contributed by atoms with Crippen LogP contribution in [0.15, 0.2) is 36.9 Å². The van der Waals surface area contributed by atoms with Crippen LogP contribution in [-0.4, -0.2) is 50.7 Å². The lowest BCUT2D eigenvalue weighted by molar-refractivity contribution is -0.142. The highest BCUT2D eigenvalue weighted by Crippen LogP contribution is 2.25. The molecule has 2 aromatic rings. The van der Waals surface area contributed by atoms with Crippen LogP contribution >= 0.6 is 0 Å². The van der Waals surface area contributed by atoms with Crippen LogP contribution in [0.3, 0.4) is 0 Å². The average molecular weight is 326 g/mol. The van der Waals surface area contributed by atoms with E-state index < -0.39 is 12.1 Å². The van der Waals surface area contributed by atoms with E-state index in [1.54, 1.807) is 28.0 Å². The van der Waals surface area contributed by atoms with Gasteiger partial charge in [-0.15, -0.1) is 0 Å². The number of likely N-dealkylation sites (tertiary alicyclic amines) is 1. The number of nitrogens with zero attached hydrogens (tertiary/aromatic N) is 4. The summed E-state index contributed by atoms with van der Waals surface area (Å²) in [5.41, 5.74) is 1.43. The van der Waals surface area contributed by atoms with E-state index in [2.05, 4.69) is 10.1 Å². The monoisotopic (exact) mass is 326 g/mol. The minimum Gasteiger partial charge on any atom is -0.448 e. The van der Waals surface area contributed by atoms with Crippen molar-refractivity contribution in [3.8, 4) is 0 Å². The van der Waals surface area contributed by atoms with Gasteiger partial charge in [-0.1, -0.05) is 18.2 Å². The third-order valence-electron chi connectivity index (χ3n) is 4.69.